The first-order valence-corrected chi connectivity index (χ1v) is 6.94. The average molecular weight is 377 g/mol. The second-order valence-corrected chi connectivity index (χ2v) is 5.93. The van der Waals surface area contributed by atoms with E-state index in [2.05, 4.69) is 0 Å². The van der Waals surface area contributed by atoms with Gasteiger partial charge in [-0.25, -0.2) is 9.18 Å². The molecule has 1 heterocycles. The van der Waals surface area contributed by atoms with E-state index in [9.17, 15) is 19.1 Å². The number of aliphatic carboxylic acids is 1. The quantitative estimate of drug-likeness (QED) is 0.806. The van der Waals surface area contributed by atoms with Gasteiger partial charge in [0.2, 0.25) is 0 Å². The highest BCUT2D eigenvalue weighted by atomic mass is 127. The van der Waals surface area contributed by atoms with Gasteiger partial charge in [0.1, 0.15) is 11.4 Å². The van der Waals surface area contributed by atoms with Crippen LogP contribution in [0.1, 0.15) is 30.1 Å². The molecule has 1 aliphatic heterocycles. The summed E-state index contributed by atoms with van der Waals surface area (Å²) in [5.74, 6) is -1.77. The first-order chi connectivity index (χ1) is 8.86. The Labute approximate surface area is 123 Å². The van der Waals surface area contributed by atoms with Crippen LogP contribution in [0, 0.1) is 9.39 Å². The molecule has 1 N–H and O–H groups in total. The molecule has 1 atom stereocenters. The second kappa shape index (κ2) is 5.07. The van der Waals surface area contributed by atoms with Crippen LogP contribution in [-0.2, 0) is 4.79 Å². The summed E-state index contributed by atoms with van der Waals surface area (Å²) in [4.78, 5) is 25.2. The van der Waals surface area contributed by atoms with Gasteiger partial charge in [0, 0.05) is 10.1 Å². The minimum Gasteiger partial charge on any atom is -0.480 e. The number of likely N-dealkylation sites (tertiary alicyclic amines) is 1. The summed E-state index contributed by atoms with van der Waals surface area (Å²) in [6.07, 6.45) is 1.10. The van der Waals surface area contributed by atoms with E-state index in [0.29, 0.717) is 28.5 Å². The van der Waals surface area contributed by atoms with Crippen molar-refractivity contribution in [2.75, 3.05) is 6.54 Å². The van der Waals surface area contributed by atoms with Gasteiger partial charge in [-0.05, 0) is 60.6 Å². The molecule has 1 amide bonds. The summed E-state index contributed by atoms with van der Waals surface area (Å²) in [5, 5.41) is 9.30. The molecule has 1 aromatic carbocycles. The number of halogens is 2. The number of carbonyl (C=O) groups excluding carboxylic acids is 1. The second-order valence-electron chi connectivity index (χ2n) is 4.76. The zero-order valence-electron chi connectivity index (χ0n) is 10.3. The molecule has 1 fully saturated rings. The van der Waals surface area contributed by atoms with Crippen LogP contribution in [0.2, 0.25) is 0 Å². The van der Waals surface area contributed by atoms with Gasteiger partial charge >= 0.3 is 5.97 Å². The van der Waals surface area contributed by atoms with Crippen molar-refractivity contribution >= 4 is 34.5 Å². The van der Waals surface area contributed by atoms with Crippen LogP contribution in [0.5, 0.6) is 0 Å². The van der Waals surface area contributed by atoms with Gasteiger partial charge < -0.3 is 10.0 Å². The molecule has 0 radical (unpaired) electrons. The Morgan fingerprint density at radius 3 is 2.74 bits per heavy atom. The van der Waals surface area contributed by atoms with Crippen LogP contribution in [-0.4, -0.2) is 34.0 Å². The van der Waals surface area contributed by atoms with E-state index in [-0.39, 0.29) is 5.91 Å². The van der Waals surface area contributed by atoms with Crippen LogP contribution >= 0.6 is 22.6 Å². The zero-order valence-corrected chi connectivity index (χ0v) is 12.5. The molecule has 0 spiro atoms. The maximum atomic E-state index is 13.0. The van der Waals surface area contributed by atoms with Crippen molar-refractivity contribution in [1.29, 1.82) is 0 Å². The largest absolute Gasteiger partial charge is 0.480 e. The van der Waals surface area contributed by atoms with Crippen LogP contribution in [0.4, 0.5) is 4.39 Å². The van der Waals surface area contributed by atoms with Gasteiger partial charge in [-0.1, -0.05) is 0 Å². The van der Waals surface area contributed by atoms with E-state index in [1.165, 1.54) is 23.1 Å². The molecule has 0 aliphatic carbocycles. The Morgan fingerprint density at radius 2 is 2.16 bits per heavy atom. The van der Waals surface area contributed by atoms with E-state index in [1.54, 1.807) is 6.92 Å². The minimum absolute atomic E-state index is 0.344. The monoisotopic (exact) mass is 377 g/mol. The highest BCUT2D eigenvalue weighted by Gasteiger charge is 2.46. The van der Waals surface area contributed by atoms with E-state index >= 15 is 0 Å². The fraction of sp³-hybridized carbons (Fsp3) is 0.385. The molecule has 0 saturated carbocycles. The zero-order chi connectivity index (χ0) is 14.2. The van der Waals surface area contributed by atoms with Gasteiger partial charge in [-0.15, -0.1) is 0 Å². The molecule has 2 rings (SSSR count). The first kappa shape index (κ1) is 14.2. The molecule has 1 unspecified atom stereocenters. The van der Waals surface area contributed by atoms with Crippen molar-refractivity contribution in [2.24, 2.45) is 0 Å². The lowest BCUT2D eigenvalue weighted by Gasteiger charge is -2.31. The predicted octanol–water partition coefficient (Wildman–Crippen LogP) is 2.51. The van der Waals surface area contributed by atoms with Crippen molar-refractivity contribution in [3.63, 3.8) is 0 Å². The van der Waals surface area contributed by atoms with Gasteiger partial charge in [0.05, 0.1) is 5.56 Å². The van der Waals surface area contributed by atoms with Crippen LogP contribution in [0.25, 0.3) is 0 Å². The topological polar surface area (TPSA) is 57.6 Å². The Hall–Kier alpha value is -1.18. The summed E-state index contributed by atoms with van der Waals surface area (Å²) < 4.78 is 13.5. The summed E-state index contributed by atoms with van der Waals surface area (Å²) in [6.45, 7) is 1.96. The smallest absolute Gasteiger partial charge is 0.329 e. The number of carbonyl (C=O) groups is 2. The summed E-state index contributed by atoms with van der Waals surface area (Å²) in [7, 11) is 0. The normalized spacial score (nSPS) is 22.6. The Kier molecular flexibility index (Phi) is 3.80. The molecule has 1 aromatic rings. The molecule has 6 heteroatoms. The highest BCUT2D eigenvalue weighted by Crippen LogP contribution is 2.31. The number of nitrogens with zero attached hydrogens (tertiary/aromatic N) is 1. The summed E-state index contributed by atoms with van der Waals surface area (Å²) >= 11 is 1.88. The van der Waals surface area contributed by atoms with E-state index in [1.807, 2.05) is 22.6 Å². The van der Waals surface area contributed by atoms with Gasteiger partial charge in [0.25, 0.3) is 5.91 Å². The Morgan fingerprint density at radius 1 is 1.47 bits per heavy atom. The van der Waals surface area contributed by atoms with Gasteiger partial charge in [-0.2, -0.15) is 0 Å². The molecule has 1 saturated heterocycles. The van der Waals surface area contributed by atoms with E-state index in [4.69, 9.17) is 0 Å². The predicted molar refractivity (Wildman–Crippen MR) is 75.4 cm³/mol. The van der Waals surface area contributed by atoms with Crippen LogP contribution in [0.3, 0.4) is 0 Å². The lowest BCUT2D eigenvalue weighted by molar-refractivity contribution is -0.147. The van der Waals surface area contributed by atoms with Crippen LogP contribution in [0.15, 0.2) is 18.2 Å². The fourth-order valence-electron chi connectivity index (χ4n) is 2.32. The average Bonchev–Trinajstić information content (AvgIpc) is 2.72. The summed E-state index contributed by atoms with van der Waals surface area (Å²) in [6, 6.07) is 3.88. The molecule has 0 bridgehead atoms. The number of benzene rings is 1. The van der Waals surface area contributed by atoms with Crippen LogP contribution < -0.4 is 0 Å². The maximum Gasteiger partial charge on any atom is 0.329 e. The molecule has 19 heavy (non-hydrogen) atoms. The van der Waals surface area contributed by atoms with E-state index < -0.39 is 17.3 Å². The molecule has 102 valence electrons. The van der Waals surface area contributed by atoms with Crippen molar-refractivity contribution < 1.29 is 19.1 Å². The number of hydrogen-bond donors (Lipinski definition) is 1. The number of carboxylic acids is 1. The third kappa shape index (κ3) is 2.45. The molecular formula is C13H13FINO3. The van der Waals surface area contributed by atoms with Crippen molar-refractivity contribution in [1.82, 2.24) is 4.90 Å². The Bertz CT molecular complexity index is 549. The third-order valence-corrected chi connectivity index (χ3v) is 4.40. The van der Waals surface area contributed by atoms with Crippen molar-refractivity contribution in [2.45, 2.75) is 25.3 Å². The fourth-order valence-corrected chi connectivity index (χ4v) is 3.03. The van der Waals surface area contributed by atoms with Crippen molar-refractivity contribution in [3.8, 4) is 0 Å². The molecule has 0 aromatic heterocycles. The highest BCUT2D eigenvalue weighted by molar-refractivity contribution is 14.1. The minimum atomic E-state index is -1.17. The number of amides is 1. The Balaban J connectivity index is 2.36. The van der Waals surface area contributed by atoms with Crippen molar-refractivity contribution in [3.05, 3.63) is 33.1 Å². The SMILES string of the molecule is CC1(C(=O)O)CCCN1C(=O)c1ccc(F)cc1I. The maximum absolute atomic E-state index is 13.0. The van der Waals surface area contributed by atoms with E-state index in [0.717, 1.165) is 0 Å². The standard InChI is InChI=1S/C13H13FINO3/c1-13(12(18)19)5-2-6-16(13)11(17)9-4-3-8(14)7-10(9)15/h3-4,7H,2,5-6H2,1H3,(H,18,19). The lowest BCUT2D eigenvalue weighted by Crippen LogP contribution is -2.50. The first-order valence-electron chi connectivity index (χ1n) is 5.86. The number of hydrogen-bond acceptors (Lipinski definition) is 2. The molecule has 4 nitrogen and oxygen atoms in total. The number of carboxylic acid groups (broad SMARTS) is 1. The number of rotatable bonds is 2. The molecule has 1 aliphatic rings. The van der Waals surface area contributed by atoms with Gasteiger partial charge in [-0.3, -0.25) is 4.79 Å². The third-order valence-electron chi connectivity index (χ3n) is 3.51. The lowest BCUT2D eigenvalue weighted by atomic mass is 9.98. The summed E-state index contributed by atoms with van der Waals surface area (Å²) in [5.41, 5.74) is -0.828. The van der Waals surface area contributed by atoms with Gasteiger partial charge in [0.15, 0.2) is 0 Å². The molecular weight excluding hydrogens is 364 g/mol.